The number of rotatable bonds is 11. The van der Waals surface area contributed by atoms with Gasteiger partial charge in [-0.2, -0.15) is 0 Å². The number of β-amino-alcohol motifs (C(OH)–C–C–N with tert-alkyl or cyclic N) is 1. The Balaban J connectivity index is 1.54. The van der Waals surface area contributed by atoms with Gasteiger partial charge in [0, 0.05) is 24.6 Å². The number of hydrogen-bond acceptors (Lipinski definition) is 7. The number of carbonyl (C=O) groups is 3. The maximum absolute atomic E-state index is 13.4. The molecule has 3 atom stereocenters. The Hall–Kier alpha value is -4.77. The Morgan fingerprint density at radius 2 is 1.76 bits per heavy atom. The maximum Gasteiger partial charge on any atom is 0.408 e. The summed E-state index contributed by atoms with van der Waals surface area (Å²) < 4.78 is 16.7. The first-order valence-corrected chi connectivity index (χ1v) is 13.4. The fourth-order valence-corrected chi connectivity index (χ4v) is 4.80. The summed E-state index contributed by atoms with van der Waals surface area (Å²) in [6.07, 6.45) is -2.26. The third-order valence-corrected chi connectivity index (χ3v) is 7.04. The van der Waals surface area contributed by atoms with Crippen molar-refractivity contribution in [3.05, 3.63) is 89.0 Å². The van der Waals surface area contributed by atoms with E-state index in [1.54, 1.807) is 42.5 Å². The van der Waals surface area contributed by atoms with Crippen molar-refractivity contribution in [3.8, 4) is 17.2 Å². The lowest BCUT2D eigenvalue weighted by Crippen LogP contribution is -2.46. The molecule has 3 aromatic carbocycles. The number of benzene rings is 3. The number of nitrogens with one attached hydrogen (secondary N) is 2. The zero-order chi connectivity index (χ0) is 30.2. The number of likely N-dealkylation sites (tertiary alicyclic amines) is 1. The zero-order valence-corrected chi connectivity index (χ0v) is 23.7. The number of aliphatic hydroxyl groups excluding tert-OH is 1. The van der Waals surface area contributed by atoms with Crippen LogP contribution in [-0.4, -0.2) is 72.5 Å². The van der Waals surface area contributed by atoms with Crippen LogP contribution < -0.4 is 24.8 Å². The Morgan fingerprint density at radius 1 is 1.00 bits per heavy atom. The molecule has 1 heterocycles. The second kappa shape index (κ2) is 13.7. The van der Waals surface area contributed by atoms with E-state index < -0.39 is 30.2 Å². The van der Waals surface area contributed by atoms with E-state index in [1.807, 2.05) is 31.2 Å². The van der Waals surface area contributed by atoms with Gasteiger partial charge < -0.3 is 35.1 Å². The SMILES string of the molecule is COc1ccc(C(NC(=O)[C@@H]2C[C@@H](O)CN2C(=O)O)c2cccc(OCC(=O)NCc3ccc(C)cc3)c2)c(OC)c1. The summed E-state index contributed by atoms with van der Waals surface area (Å²) in [5.41, 5.74) is 3.29. The van der Waals surface area contributed by atoms with E-state index in [2.05, 4.69) is 10.6 Å². The number of methoxy groups -OCH3 is 2. The molecule has 0 aliphatic carbocycles. The molecule has 0 radical (unpaired) electrons. The number of carboxylic acid groups (broad SMARTS) is 1. The van der Waals surface area contributed by atoms with Gasteiger partial charge in [-0.1, -0.05) is 42.0 Å². The largest absolute Gasteiger partial charge is 0.497 e. The van der Waals surface area contributed by atoms with Crippen LogP contribution >= 0.6 is 0 Å². The lowest BCUT2D eigenvalue weighted by molar-refractivity contribution is -0.125. The van der Waals surface area contributed by atoms with Crippen molar-refractivity contribution in [1.82, 2.24) is 15.5 Å². The van der Waals surface area contributed by atoms with E-state index in [0.29, 0.717) is 34.9 Å². The fraction of sp³-hybridized carbons (Fsp3) is 0.323. The Morgan fingerprint density at radius 3 is 2.45 bits per heavy atom. The van der Waals surface area contributed by atoms with E-state index >= 15 is 0 Å². The molecule has 0 aromatic heterocycles. The molecule has 42 heavy (non-hydrogen) atoms. The molecule has 4 N–H and O–H groups in total. The van der Waals surface area contributed by atoms with Gasteiger partial charge in [-0.25, -0.2) is 4.79 Å². The molecular weight excluding hydrogens is 542 g/mol. The van der Waals surface area contributed by atoms with Crippen LogP contribution in [0.3, 0.4) is 0 Å². The van der Waals surface area contributed by atoms with Gasteiger partial charge in [0.25, 0.3) is 5.91 Å². The van der Waals surface area contributed by atoms with Crippen molar-refractivity contribution in [2.75, 3.05) is 27.4 Å². The molecule has 11 heteroatoms. The van der Waals surface area contributed by atoms with Crippen LogP contribution in [0.2, 0.25) is 0 Å². The molecule has 1 aliphatic rings. The number of aryl methyl sites for hydroxylation is 1. The molecule has 0 spiro atoms. The lowest BCUT2D eigenvalue weighted by Gasteiger charge is -2.26. The predicted molar refractivity (Wildman–Crippen MR) is 154 cm³/mol. The van der Waals surface area contributed by atoms with Crippen LogP contribution in [0.4, 0.5) is 4.79 Å². The molecule has 4 rings (SSSR count). The number of amides is 3. The van der Waals surface area contributed by atoms with Crippen LogP contribution in [0, 0.1) is 6.92 Å². The highest BCUT2D eigenvalue weighted by molar-refractivity contribution is 5.86. The highest BCUT2D eigenvalue weighted by Crippen LogP contribution is 2.35. The van der Waals surface area contributed by atoms with Gasteiger partial charge in [-0.3, -0.25) is 14.5 Å². The molecule has 3 aromatic rings. The molecule has 1 saturated heterocycles. The van der Waals surface area contributed by atoms with E-state index in [4.69, 9.17) is 14.2 Å². The van der Waals surface area contributed by atoms with E-state index in [-0.39, 0.29) is 25.5 Å². The van der Waals surface area contributed by atoms with Crippen LogP contribution in [0.25, 0.3) is 0 Å². The van der Waals surface area contributed by atoms with Crippen molar-refractivity contribution in [2.24, 2.45) is 0 Å². The topological polar surface area (TPSA) is 147 Å². The minimum atomic E-state index is -1.29. The van der Waals surface area contributed by atoms with Crippen LogP contribution in [0.15, 0.2) is 66.7 Å². The second-order valence-electron chi connectivity index (χ2n) is 10.0. The minimum absolute atomic E-state index is 0.0224. The second-order valence-corrected chi connectivity index (χ2v) is 10.0. The lowest BCUT2D eigenvalue weighted by atomic mass is 9.96. The standard InChI is InChI=1S/C31H35N3O8/c1-19-7-9-20(10-8-19)16-32-28(36)18-42-24-6-4-5-21(13-24)29(25-12-11-23(40-2)15-27(25)41-3)33-30(37)26-14-22(35)17-34(26)31(38)39/h4-13,15,22,26,29,35H,14,16-18H2,1-3H3,(H,32,36)(H,33,37)(H,38,39)/t22-,26+,29?/m1/s1. The highest BCUT2D eigenvalue weighted by Gasteiger charge is 2.40. The van der Waals surface area contributed by atoms with Gasteiger partial charge in [0.05, 0.1) is 32.9 Å². The van der Waals surface area contributed by atoms with Crippen molar-refractivity contribution in [3.63, 3.8) is 0 Å². The van der Waals surface area contributed by atoms with Crippen LogP contribution in [-0.2, 0) is 16.1 Å². The molecule has 0 bridgehead atoms. The smallest absolute Gasteiger partial charge is 0.408 e. The molecule has 222 valence electrons. The Bertz CT molecular complexity index is 1410. The monoisotopic (exact) mass is 577 g/mol. The number of carbonyl (C=O) groups excluding carboxylic acids is 2. The molecule has 1 unspecified atom stereocenters. The molecule has 1 aliphatic heterocycles. The summed E-state index contributed by atoms with van der Waals surface area (Å²) >= 11 is 0. The summed E-state index contributed by atoms with van der Waals surface area (Å²) in [6.45, 7) is 2.00. The number of aliphatic hydroxyl groups is 1. The van der Waals surface area contributed by atoms with Crippen molar-refractivity contribution < 1.29 is 38.8 Å². The average molecular weight is 578 g/mol. The Labute approximate surface area is 244 Å². The quantitative estimate of drug-likeness (QED) is 0.272. The van der Waals surface area contributed by atoms with Gasteiger partial charge in [-0.05, 0) is 42.3 Å². The maximum atomic E-state index is 13.4. The van der Waals surface area contributed by atoms with Crippen molar-refractivity contribution in [1.29, 1.82) is 0 Å². The molecule has 11 nitrogen and oxygen atoms in total. The summed E-state index contributed by atoms with van der Waals surface area (Å²) in [5.74, 6) is 0.511. The average Bonchev–Trinajstić information content (AvgIpc) is 3.40. The molecule has 1 fully saturated rings. The zero-order valence-electron chi connectivity index (χ0n) is 23.7. The first-order chi connectivity index (χ1) is 20.2. The molecular formula is C31H35N3O8. The van der Waals surface area contributed by atoms with E-state index in [9.17, 15) is 24.6 Å². The third-order valence-electron chi connectivity index (χ3n) is 7.04. The van der Waals surface area contributed by atoms with Gasteiger partial charge >= 0.3 is 6.09 Å². The summed E-state index contributed by atoms with van der Waals surface area (Å²) in [7, 11) is 3.02. The third kappa shape index (κ3) is 7.49. The van der Waals surface area contributed by atoms with E-state index in [0.717, 1.165) is 16.0 Å². The Kier molecular flexibility index (Phi) is 9.87. The van der Waals surface area contributed by atoms with Gasteiger partial charge in [0.15, 0.2) is 6.61 Å². The first kappa shape index (κ1) is 30.2. The van der Waals surface area contributed by atoms with Gasteiger partial charge in [0.1, 0.15) is 23.3 Å². The fourth-order valence-electron chi connectivity index (χ4n) is 4.80. The summed E-state index contributed by atoms with van der Waals surface area (Å²) in [4.78, 5) is 38.5. The first-order valence-electron chi connectivity index (χ1n) is 13.4. The van der Waals surface area contributed by atoms with Crippen LogP contribution in [0.1, 0.15) is 34.7 Å². The summed E-state index contributed by atoms with van der Waals surface area (Å²) in [5, 5.41) is 25.4. The minimum Gasteiger partial charge on any atom is -0.497 e. The summed E-state index contributed by atoms with van der Waals surface area (Å²) in [6, 6.07) is 18.0. The van der Waals surface area contributed by atoms with Crippen LogP contribution in [0.5, 0.6) is 17.2 Å². The molecule has 3 amide bonds. The van der Waals surface area contributed by atoms with Crippen molar-refractivity contribution in [2.45, 2.75) is 38.1 Å². The highest BCUT2D eigenvalue weighted by atomic mass is 16.5. The number of hydrogen-bond donors (Lipinski definition) is 4. The number of ether oxygens (including phenoxy) is 3. The number of nitrogens with zero attached hydrogens (tertiary/aromatic N) is 1. The molecule has 0 saturated carbocycles. The van der Waals surface area contributed by atoms with E-state index in [1.165, 1.54) is 14.2 Å². The predicted octanol–water partition coefficient (Wildman–Crippen LogP) is 3.03. The van der Waals surface area contributed by atoms with Gasteiger partial charge in [-0.15, -0.1) is 0 Å². The van der Waals surface area contributed by atoms with Gasteiger partial charge in [0.2, 0.25) is 5.91 Å². The van der Waals surface area contributed by atoms with Crippen molar-refractivity contribution >= 4 is 17.9 Å². The normalized spacial score (nSPS) is 16.8.